The Kier molecular flexibility index (Phi) is 4.73. The molecule has 1 heterocycles. The lowest BCUT2D eigenvalue weighted by Gasteiger charge is -2.26. The van der Waals surface area contributed by atoms with E-state index in [2.05, 4.69) is 36.5 Å². The van der Waals surface area contributed by atoms with Gasteiger partial charge in [-0.1, -0.05) is 29.8 Å². The minimum absolute atomic E-state index is 0.158. The number of aryl methyl sites for hydroxylation is 1. The number of hydrogen-bond donors (Lipinski definition) is 1. The Bertz CT molecular complexity index is 383. The summed E-state index contributed by atoms with van der Waals surface area (Å²) in [6.45, 7) is 5.94. The van der Waals surface area contributed by atoms with E-state index >= 15 is 0 Å². The Morgan fingerprint density at radius 2 is 1.94 bits per heavy atom. The van der Waals surface area contributed by atoms with Gasteiger partial charge in [0, 0.05) is 19.6 Å². The molecule has 1 aromatic carbocycles. The molecule has 2 rings (SSSR count). The van der Waals surface area contributed by atoms with Gasteiger partial charge < -0.3 is 15.0 Å². The first-order chi connectivity index (χ1) is 8.75. The average Bonchev–Trinajstić information content (AvgIpc) is 2.42. The topological polar surface area (TPSA) is 41.6 Å². The van der Waals surface area contributed by atoms with E-state index in [0.717, 1.165) is 6.54 Å². The van der Waals surface area contributed by atoms with Gasteiger partial charge in [-0.05, 0) is 12.5 Å². The molecule has 0 aliphatic carbocycles. The van der Waals surface area contributed by atoms with Gasteiger partial charge in [-0.25, -0.2) is 0 Å². The van der Waals surface area contributed by atoms with Crippen molar-refractivity contribution in [2.75, 3.05) is 32.8 Å². The van der Waals surface area contributed by atoms with Gasteiger partial charge in [-0.2, -0.15) is 0 Å². The highest BCUT2D eigenvalue weighted by Gasteiger charge is 2.15. The third kappa shape index (κ3) is 3.82. The molecule has 0 aromatic heterocycles. The Balaban J connectivity index is 1.71. The number of carbonyl (C=O) groups is 1. The average molecular weight is 248 g/mol. The normalized spacial score (nSPS) is 15.7. The molecule has 0 atom stereocenters. The lowest BCUT2D eigenvalue weighted by Crippen LogP contribution is -2.44. The lowest BCUT2D eigenvalue weighted by atomic mass is 10.1. The molecular weight excluding hydrogens is 228 g/mol. The minimum Gasteiger partial charge on any atom is -0.378 e. The summed E-state index contributed by atoms with van der Waals surface area (Å²) in [7, 11) is 0. The quantitative estimate of drug-likeness (QED) is 0.862. The molecule has 1 saturated heterocycles. The fourth-order valence-electron chi connectivity index (χ4n) is 1.94. The zero-order valence-corrected chi connectivity index (χ0v) is 10.8. The summed E-state index contributed by atoms with van der Waals surface area (Å²) >= 11 is 0. The van der Waals surface area contributed by atoms with Gasteiger partial charge in [0.1, 0.15) is 0 Å². The zero-order chi connectivity index (χ0) is 12.8. The SMILES string of the molecule is Cc1ccc(CNCC(=O)N2CCOCC2)cc1. The molecule has 0 spiro atoms. The van der Waals surface area contributed by atoms with Gasteiger partial charge in [0.2, 0.25) is 5.91 Å². The molecule has 0 unspecified atom stereocenters. The maximum absolute atomic E-state index is 11.9. The van der Waals surface area contributed by atoms with Crippen molar-refractivity contribution in [1.82, 2.24) is 10.2 Å². The third-order valence-corrected chi connectivity index (χ3v) is 3.09. The molecular formula is C14H20N2O2. The van der Waals surface area contributed by atoms with Crippen LogP contribution in [0.1, 0.15) is 11.1 Å². The largest absolute Gasteiger partial charge is 0.378 e. The van der Waals surface area contributed by atoms with E-state index in [4.69, 9.17) is 4.74 Å². The second-order valence-corrected chi connectivity index (χ2v) is 4.58. The van der Waals surface area contributed by atoms with E-state index in [-0.39, 0.29) is 5.91 Å². The van der Waals surface area contributed by atoms with Crippen molar-refractivity contribution in [3.05, 3.63) is 35.4 Å². The van der Waals surface area contributed by atoms with Crippen molar-refractivity contribution < 1.29 is 9.53 Å². The van der Waals surface area contributed by atoms with Crippen LogP contribution >= 0.6 is 0 Å². The molecule has 1 amide bonds. The smallest absolute Gasteiger partial charge is 0.236 e. The van der Waals surface area contributed by atoms with Gasteiger partial charge in [-0.3, -0.25) is 4.79 Å². The first-order valence-electron chi connectivity index (χ1n) is 6.37. The van der Waals surface area contributed by atoms with Crippen LogP contribution in [0, 0.1) is 6.92 Å². The maximum Gasteiger partial charge on any atom is 0.236 e. The third-order valence-electron chi connectivity index (χ3n) is 3.09. The van der Waals surface area contributed by atoms with Crippen molar-refractivity contribution >= 4 is 5.91 Å². The Morgan fingerprint density at radius 3 is 2.61 bits per heavy atom. The number of benzene rings is 1. The lowest BCUT2D eigenvalue weighted by molar-refractivity contribution is -0.134. The number of ether oxygens (including phenoxy) is 1. The zero-order valence-electron chi connectivity index (χ0n) is 10.8. The monoisotopic (exact) mass is 248 g/mol. The molecule has 4 nitrogen and oxygen atoms in total. The predicted octanol–water partition coefficient (Wildman–Crippen LogP) is 0.943. The van der Waals surface area contributed by atoms with Gasteiger partial charge in [0.05, 0.1) is 19.8 Å². The van der Waals surface area contributed by atoms with E-state index in [0.29, 0.717) is 32.8 Å². The second kappa shape index (κ2) is 6.52. The highest BCUT2D eigenvalue weighted by atomic mass is 16.5. The molecule has 1 fully saturated rings. The molecule has 98 valence electrons. The minimum atomic E-state index is 0.158. The molecule has 4 heteroatoms. The van der Waals surface area contributed by atoms with Gasteiger partial charge in [0.25, 0.3) is 0 Å². The Labute approximate surface area is 108 Å². The van der Waals surface area contributed by atoms with Gasteiger partial charge >= 0.3 is 0 Å². The first-order valence-corrected chi connectivity index (χ1v) is 6.37. The van der Waals surface area contributed by atoms with Crippen molar-refractivity contribution in [2.45, 2.75) is 13.5 Å². The van der Waals surface area contributed by atoms with Crippen LogP contribution in [0.3, 0.4) is 0 Å². The van der Waals surface area contributed by atoms with Crippen LogP contribution in [0.4, 0.5) is 0 Å². The van der Waals surface area contributed by atoms with Crippen LogP contribution in [0.25, 0.3) is 0 Å². The van der Waals surface area contributed by atoms with Crippen LogP contribution in [0.15, 0.2) is 24.3 Å². The van der Waals surface area contributed by atoms with E-state index < -0.39 is 0 Å². The number of carbonyl (C=O) groups excluding carboxylic acids is 1. The molecule has 1 aliphatic heterocycles. The Hall–Kier alpha value is -1.39. The fourth-order valence-corrected chi connectivity index (χ4v) is 1.94. The standard InChI is InChI=1S/C14H20N2O2/c1-12-2-4-13(5-3-12)10-15-11-14(17)16-6-8-18-9-7-16/h2-5,15H,6-11H2,1H3. The molecule has 1 aromatic rings. The van der Waals surface area contributed by atoms with Crippen LogP contribution in [0.5, 0.6) is 0 Å². The molecule has 0 radical (unpaired) electrons. The number of amides is 1. The number of hydrogen-bond acceptors (Lipinski definition) is 3. The summed E-state index contributed by atoms with van der Waals surface area (Å²) < 4.78 is 5.22. The van der Waals surface area contributed by atoms with Crippen molar-refractivity contribution in [2.24, 2.45) is 0 Å². The predicted molar refractivity (Wildman–Crippen MR) is 70.3 cm³/mol. The van der Waals surface area contributed by atoms with Crippen molar-refractivity contribution in [3.63, 3.8) is 0 Å². The number of morpholine rings is 1. The van der Waals surface area contributed by atoms with Gasteiger partial charge in [0.15, 0.2) is 0 Å². The molecule has 18 heavy (non-hydrogen) atoms. The van der Waals surface area contributed by atoms with E-state index in [9.17, 15) is 4.79 Å². The summed E-state index contributed by atoms with van der Waals surface area (Å²) in [5.41, 5.74) is 2.46. The molecule has 0 bridgehead atoms. The summed E-state index contributed by atoms with van der Waals surface area (Å²) in [4.78, 5) is 13.7. The summed E-state index contributed by atoms with van der Waals surface area (Å²) in [5, 5.41) is 3.19. The number of nitrogens with zero attached hydrogens (tertiary/aromatic N) is 1. The van der Waals surface area contributed by atoms with Crippen LogP contribution in [-0.2, 0) is 16.1 Å². The van der Waals surface area contributed by atoms with Crippen LogP contribution in [0.2, 0.25) is 0 Å². The highest BCUT2D eigenvalue weighted by molar-refractivity contribution is 5.78. The summed E-state index contributed by atoms with van der Waals surface area (Å²) in [6.07, 6.45) is 0. The van der Waals surface area contributed by atoms with E-state index in [1.807, 2.05) is 4.90 Å². The maximum atomic E-state index is 11.9. The van der Waals surface area contributed by atoms with Crippen LogP contribution in [-0.4, -0.2) is 43.7 Å². The van der Waals surface area contributed by atoms with Crippen molar-refractivity contribution in [3.8, 4) is 0 Å². The number of rotatable bonds is 4. The first kappa shape index (κ1) is 13.1. The van der Waals surface area contributed by atoms with Crippen molar-refractivity contribution in [1.29, 1.82) is 0 Å². The van der Waals surface area contributed by atoms with E-state index in [1.165, 1.54) is 11.1 Å². The summed E-state index contributed by atoms with van der Waals surface area (Å²) in [6, 6.07) is 8.34. The Morgan fingerprint density at radius 1 is 1.28 bits per heavy atom. The number of nitrogens with one attached hydrogen (secondary N) is 1. The van der Waals surface area contributed by atoms with Crippen LogP contribution < -0.4 is 5.32 Å². The van der Waals surface area contributed by atoms with Gasteiger partial charge in [-0.15, -0.1) is 0 Å². The summed E-state index contributed by atoms with van der Waals surface area (Å²) in [5.74, 6) is 0.158. The second-order valence-electron chi connectivity index (χ2n) is 4.58. The molecule has 0 saturated carbocycles. The fraction of sp³-hybridized carbons (Fsp3) is 0.500. The molecule has 1 N–H and O–H groups in total. The molecule has 1 aliphatic rings. The van der Waals surface area contributed by atoms with E-state index in [1.54, 1.807) is 0 Å². The highest BCUT2D eigenvalue weighted by Crippen LogP contribution is 2.02.